The molecule has 3 unspecified atom stereocenters. The highest BCUT2D eigenvalue weighted by Gasteiger charge is 2.44. The molecule has 1 amide bonds. The van der Waals surface area contributed by atoms with Crippen molar-refractivity contribution in [2.24, 2.45) is 0 Å². The van der Waals surface area contributed by atoms with E-state index in [9.17, 15) is 13.9 Å². The van der Waals surface area contributed by atoms with E-state index in [1.165, 1.54) is 6.92 Å². The van der Waals surface area contributed by atoms with Crippen LogP contribution >= 0.6 is 0 Å². The van der Waals surface area contributed by atoms with Crippen molar-refractivity contribution in [3.05, 3.63) is 0 Å². The molecule has 0 aromatic heterocycles. The van der Waals surface area contributed by atoms with E-state index >= 15 is 0 Å². The van der Waals surface area contributed by atoms with Crippen LogP contribution in [0.2, 0.25) is 0 Å². The van der Waals surface area contributed by atoms with Crippen molar-refractivity contribution >= 4 is 6.41 Å². The second kappa shape index (κ2) is 7.49. The first-order valence-corrected chi connectivity index (χ1v) is 5.06. The van der Waals surface area contributed by atoms with Crippen LogP contribution in [0.15, 0.2) is 0 Å². The molecule has 102 valence electrons. The van der Waals surface area contributed by atoms with Crippen LogP contribution < -0.4 is 10.6 Å². The SMILES string of the molecule is CNC=O.C[C@H]1NC(C(F)F)[C@@H](O)C(O)C1O. The maximum atomic E-state index is 12.2. The lowest BCUT2D eigenvalue weighted by Gasteiger charge is -2.39. The van der Waals surface area contributed by atoms with Crippen LogP contribution in [0.3, 0.4) is 0 Å². The highest BCUT2D eigenvalue weighted by atomic mass is 19.3. The molecule has 0 bridgehead atoms. The summed E-state index contributed by atoms with van der Waals surface area (Å²) in [6, 6.07) is -2.13. The maximum Gasteiger partial charge on any atom is 0.256 e. The van der Waals surface area contributed by atoms with Gasteiger partial charge in [0.25, 0.3) is 6.43 Å². The molecule has 17 heavy (non-hydrogen) atoms. The third kappa shape index (κ3) is 4.50. The number of hydrogen-bond donors (Lipinski definition) is 5. The number of carbonyl (C=O) groups excluding carboxylic acids is 1. The molecule has 0 saturated carbocycles. The molecule has 5 atom stereocenters. The average Bonchev–Trinajstić information content (AvgIpc) is 2.31. The van der Waals surface area contributed by atoms with E-state index in [0.717, 1.165) is 0 Å². The molecular formula is C9H18F2N2O4. The van der Waals surface area contributed by atoms with Gasteiger partial charge in [-0.15, -0.1) is 0 Å². The van der Waals surface area contributed by atoms with Crippen molar-refractivity contribution in [2.45, 2.75) is 43.7 Å². The molecule has 1 fully saturated rings. The van der Waals surface area contributed by atoms with E-state index in [-0.39, 0.29) is 0 Å². The molecule has 0 aromatic carbocycles. The molecule has 1 heterocycles. The molecule has 6 nitrogen and oxygen atoms in total. The van der Waals surface area contributed by atoms with Crippen molar-refractivity contribution in [3.8, 4) is 0 Å². The number of amides is 1. The van der Waals surface area contributed by atoms with Crippen molar-refractivity contribution < 1.29 is 28.9 Å². The number of piperidine rings is 1. The van der Waals surface area contributed by atoms with E-state index in [4.69, 9.17) is 15.0 Å². The number of nitrogens with one attached hydrogen (secondary N) is 2. The molecule has 0 spiro atoms. The topological polar surface area (TPSA) is 102 Å². The minimum atomic E-state index is -2.76. The lowest BCUT2D eigenvalue weighted by Crippen LogP contribution is -2.65. The third-order valence-electron chi connectivity index (χ3n) is 2.42. The van der Waals surface area contributed by atoms with E-state index in [0.29, 0.717) is 6.41 Å². The Kier molecular flexibility index (Phi) is 7.12. The maximum absolute atomic E-state index is 12.2. The number of carbonyl (C=O) groups is 1. The summed E-state index contributed by atoms with van der Waals surface area (Å²) in [6.45, 7) is 1.47. The Morgan fingerprint density at radius 3 is 2.06 bits per heavy atom. The van der Waals surface area contributed by atoms with Gasteiger partial charge in [-0.25, -0.2) is 8.78 Å². The van der Waals surface area contributed by atoms with Gasteiger partial charge in [0.05, 0.1) is 12.1 Å². The Labute approximate surface area is 97.6 Å². The fourth-order valence-electron chi connectivity index (χ4n) is 1.43. The van der Waals surface area contributed by atoms with Crippen LogP contribution in [-0.4, -0.2) is 65.6 Å². The normalized spacial score (nSPS) is 37.1. The van der Waals surface area contributed by atoms with Crippen LogP contribution in [-0.2, 0) is 4.79 Å². The Balaban J connectivity index is 0.000000557. The van der Waals surface area contributed by atoms with Gasteiger partial charge in [0.2, 0.25) is 6.41 Å². The summed E-state index contributed by atoms with van der Waals surface area (Å²) in [6.07, 6.45) is -6.51. The summed E-state index contributed by atoms with van der Waals surface area (Å²) in [4.78, 5) is 9.06. The van der Waals surface area contributed by atoms with Crippen molar-refractivity contribution in [2.75, 3.05) is 7.05 Å². The Morgan fingerprint density at radius 2 is 1.71 bits per heavy atom. The fourth-order valence-corrected chi connectivity index (χ4v) is 1.43. The van der Waals surface area contributed by atoms with Crippen LogP contribution in [0, 0.1) is 0 Å². The van der Waals surface area contributed by atoms with Crippen molar-refractivity contribution in [1.82, 2.24) is 10.6 Å². The number of aliphatic hydroxyl groups excluding tert-OH is 3. The van der Waals surface area contributed by atoms with Crippen LogP contribution in [0.25, 0.3) is 0 Å². The van der Waals surface area contributed by atoms with E-state index in [1.54, 1.807) is 7.05 Å². The summed E-state index contributed by atoms with van der Waals surface area (Å²) in [7, 11) is 1.56. The van der Waals surface area contributed by atoms with Gasteiger partial charge < -0.3 is 26.0 Å². The predicted molar refractivity (Wildman–Crippen MR) is 55.5 cm³/mol. The summed E-state index contributed by atoms with van der Waals surface area (Å²) in [5.41, 5.74) is 0. The number of hydrogen-bond acceptors (Lipinski definition) is 5. The number of rotatable bonds is 2. The summed E-state index contributed by atoms with van der Waals surface area (Å²) < 4.78 is 24.5. The number of halogens is 2. The molecular weight excluding hydrogens is 238 g/mol. The standard InChI is InChI=1S/C7H13F2NO3.C2H5NO/c1-2-4(11)6(13)5(12)3(10-2)7(8)9;1-3-2-4/h2-7,10-13H,1H3;2H,1H3,(H,3,4)/t2-,3?,4?,5-,6?;/m1./s1. The lowest BCUT2D eigenvalue weighted by atomic mass is 9.91. The fraction of sp³-hybridized carbons (Fsp3) is 0.889. The second-order valence-corrected chi connectivity index (χ2v) is 3.69. The summed E-state index contributed by atoms with van der Waals surface area (Å²) in [5.74, 6) is 0. The van der Waals surface area contributed by atoms with Gasteiger partial charge in [0.1, 0.15) is 12.2 Å². The zero-order valence-electron chi connectivity index (χ0n) is 9.55. The minimum absolute atomic E-state index is 0.625. The zero-order chi connectivity index (χ0) is 13.6. The Hall–Kier alpha value is -0.830. The second-order valence-electron chi connectivity index (χ2n) is 3.69. The highest BCUT2D eigenvalue weighted by molar-refractivity contribution is 5.44. The molecule has 0 aromatic rings. The molecule has 8 heteroatoms. The first-order valence-electron chi connectivity index (χ1n) is 5.06. The van der Waals surface area contributed by atoms with Gasteiger partial charge >= 0.3 is 0 Å². The quantitative estimate of drug-likeness (QED) is 0.370. The molecule has 5 N–H and O–H groups in total. The first-order chi connectivity index (χ1) is 7.86. The predicted octanol–water partition coefficient (Wildman–Crippen LogP) is -1.94. The Bertz CT molecular complexity index is 233. The first kappa shape index (κ1) is 16.2. The van der Waals surface area contributed by atoms with Gasteiger partial charge in [0, 0.05) is 13.1 Å². The van der Waals surface area contributed by atoms with E-state index in [2.05, 4.69) is 10.6 Å². The van der Waals surface area contributed by atoms with E-state index in [1.807, 2.05) is 0 Å². The average molecular weight is 256 g/mol. The minimum Gasteiger partial charge on any atom is -0.389 e. The van der Waals surface area contributed by atoms with Gasteiger partial charge in [-0.2, -0.15) is 0 Å². The molecule has 1 aliphatic heterocycles. The number of alkyl halides is 2. The summed E-state index contributed by atoms with van der Waals surface area (Å²) in [5, 5.41) is 32.1. The lowest BCUT2D eigenvalue weighted by molar-refractivity contribution is -0.133. The summed E-state index contributed by atoms with van der Waals surface area (Å²) >= 11 is 0. The van der Waals surface area contributed by atoms with Gasteiger partial charge in [-0.1, -0.05) is 0 Å². The Morgan fingerprint density at radius 1 is 1.24 bits per heavy atom. The van der Waals surface area contributed by atoms with Gasteiger partial charge in [0.15, 0.2) is 0 Å². The molecule has 1 saturated heterocycles. The molecule has 1 rings (SSSR count). The largest absolute Gasteiger partial charge is 0.389 e. The third-order valence-corrected chi connectivity index (χ3v) is 2.42. The van der Waals surface area contributed by atoms with Crippen molar-refractivity contribution in [1.29, 1.82) is 0 Å². The van der Waals surface area contributed by atoms with Crippen LogP contribution in [0.1, 0.15) is 6.92 Å². The van der Waals surface area contributed by atoms with Crippen LogP contribution in [0.4, 0.5) is 8.78 Å². The zero-order valence-corrected chi connectivity index (χ0v) is 9.55. The molecule has 0 radical (unpaired) electrons. The highest BCUT2D eigenvalue weighted by Crippen LogP contribution is 2.19. The van der Waals surface area contributed by atoms with E-state index < -0.39 is 36.8 Å². The number of aliphatic hydroxyl groups is 3. The van der Waals surface area contributed by atoms with Gasteiger partial charge in [-0.3, -0.25) is 4.79 Å². The van der Waals surface area contributed by atoms with Crippen molar-refractivity contribution in [3.63, 3.8) is 0 Å². The molecule has 0 aliphatic carbocycles. The smallest absolute Gasteiger partial charge is 0.256 e. The molecule has 1 aliphatic rings. The monoisotopic (exact) mass is 256 g/mol. The van der Waals surface area contributed by atoms with Gasteiger partial charge in [-0.05, 0) is 6.92 Å². The van der Waals surface area contributed by atoms with Crippen LogP contribution in [0.5, 0.6) is 0 Å².